The van der Waals surface area contributed by atoms with Gasteiger partial charge in [0.1, 0.15) is 11.5 Å². The van der Waals surface area contributed by atoms with Crippen LogP contribution < -0.4 is 0 Å². The van der Waals surface area contributed by atoms with Crippen molar-refractivity contribution >= 4 is 23.2 Å². The van der Waals surface area contributed by atoms with Gasteiger partial charge in [0.25, 0.3) is 0 Å². The van der Waals surface area contributed by atoms with Crippen LogP contribution in [0, 0.1) is 17.7 Å². The Hall–Kier alpha value is -2.83. The van der Waals surface area contributed by atoms with Crippen LogP contribution in [0.5, 0.6) is 0 Å². The number of Topliss-reactive ketones (excluding diaryl/α,β-unsaturated/α-hetero) is 2. The van der Waals surface area contributed by atoms with E-state index in [4.69, 9.17) is 16.1 Å². The van der Waals surface area contributed by atoms with Gasteiger partial charge in [-0.3, -0.25) is 9.59 Å². The average Bonchev–Trinajstić information content (AvgIpc) is 3.32. The predicted octanol–water partition coefficient (Wildman–Crippen LogP) is 6.43. The molecule has 2 aliphatic rings. The minimum absolute atomic E-state index is 0.0344. The fourth-order valence-corrected chi connectivity index (χ4v) is 5.60. The summed E-state index contributed by atoms with van der Waals surface area (Å²) < 4.78 is 18.8. The number of carbonyl (C=O) groups is 2. The molecule has 5 rings (SSSR count). The maximum absolute atomic E-state index is 13.5. The molecule has 1 aliphatic heterocycles. The monoisotopic (exact) mass is 494 g/mol. The van der Waals surface area contributed by atoms with Gasteiger partial charge in [-0.15, -0.1) is 0 Å². The zero-order valence-corrected chi connectivity index (χ0v) is 20.4. The van der Waals surface area contributed by atoms with Crippen LogP contribution in [0.3, 0.4) is 0 Å². The van der Waals surface area contributed by atoms with E-state index in [1.165, 1.54) is 12.1 Å². The highest BCUT2D eigenvalue weighted by Gasteiger charge is 2.38. The van der Waals surface area contributed by atoms with Crippen LogP contribution >= 0.6 is 11.6 Å². The Kier molecular flexibility index (Phi) is 6.85. The molecule has 3 aromatic rings. The van der Waals surface area contributed by atoms with Crippen LogP contribution in [0.1, 0.15) is 65.0 Å². The van der Waals surface area contributed by atoms with Crippen LogP contribution in [0.25, 0.3) is 11.3 Å². The third-order valence-electron chi connectivity index (χ3n) is 7.40. The lowest BCUT2D eigenvalue weighted by atomic mass is 9.77. The van der Waals surface area contributed by atoms with Gasteiger partial charge in [-0.25, -0.2) is 4.39 Å². The molecule has 0 amide bonds. The van der Waals surface area contributed by atoms with E-state index < -0.39 is 0 Å². The molecule has 7 heteroatoms. The van der Waals surface area contributed by atoms with Crippen molar-refractivity contribution in [1.29, 1.82) is 0 Å². The normalized spacial score (nSPS) is 21.2. The maximum Gasteiger partial charge on any atom is 0.171 e. The number of likely N-dealkylation sites (tertiary alicyclic amines) is 1. The molecular weight excluding hydrogens is 467 g/mol. The van der Waals surface area contributed by atoms with Gasteiger partial charge in [-0.05, 0) is 81.7 Å². The van der Waals surface area contributed by atoms with Crippen molar-refractivity contribution in [3.8, 4) is 11.3 Å². The second-order valence-electron chi connectivity index (χ2n) is 9.75. The average molecular weight is 495 g/mol. The number of rotatable bonds is 6. The fraction of sp³-hybridized carbons (Fsp3) is 0.393. The molecule has 1 fully saturated rings. The predicted molar refractivity (Wildman–Crippen MR) is 132 cm³/mol. The number of carbonyl (C=O) groups excluding carboxylic acids is 2. The Balaban J connectivity index is 1.20. The lowest BCUT2D eigenvalue weighted by molar-refractivity contribution is 0.0814. The van der Waals surface area contributed by atoms with E-state index in [-0.39, 0.29) is 35.1 Å². The van der Waals surface area contributed by atoms with E-state index in [0.717, 1.165) is 50.9 Å². The molecule has 0 spiro atoms. The lowest BCUT2D eigenvalue weighted by Gasteiger charge is -2.33. The summed E-state index contributed by atoms with van der Waals surface area (Å²) >= 11 is 6.16. The molecule has 2 heterocycles. The van der Waals surface area contributed by atoms with Crippen molar-refractivity contribution in [3.05, 3.63) is 76.3 Å². The summed E-state index contributed by atoms with van der Waals surface area (Å²) in [6, 6.07) is 13.1. The zero-order chi connectivity index (χ0) is 24.5. The second-order valence-corrected chi connectivity index (χ2v) is 10.2. The fourth-order valence-electron chi connectivity index (χ4n) is 5.41. The van der Waals surface area contributed by atoms with E-state index in [9.17, 15) is 14.0 Å². The van der Waals surface area contributed by atoms with Crippen molar-refractivity contribution < 1.29 is 18.5 Å². The van der Waals surface area contributed by atoms with E-state index in [2.05, 4.69) is 17.0 Å². The molecular formula is C28H28ClFN2O3. The number of halogens is 2. The minimum atomic E-state index is -0.332. The van der Waals surface area contributed by atoms with Crippen LogP contribution in [0.4, 0.5) is 4.39 Å². The van der Waals surface area contributed by atoms with Crippen LogP contribution in [-0.2, 0) is 0 Å². The first-order valence-corrected chi connectivity index (χ1v) is 12.6. The first-order chi connectivity index (χ1) is 16.9. The molecule has 2 unspecified atom stereocenters. The number of hydrogen-bond acceptors (Lipinski definition) is 5. The molecule has 0 radical (unpaired) electrons. The number of ketones is 2. The minimum Gasteiger partial charge on any atom is -0.360 e. The number of hydrogen-bond donors (Lipinski definition) is 0. The van der Waals surface area contributed by atoms with E-state index in [0.29, 0.717) is 27.6 Å². The Labute approximate surface area is 209 Å². The lowest BCUT2D eigenvalue weighted by Crippen LogP contribution is -2.38. The highest BCUT2D eigenvalue weighted by atomic mass is 35.5. The SMILES string of the molecule is CC1CC(CCN2CCC(C(=O)c3ccc(F)cc3)CC2)C(=O)c2c(-c3cccc(Cl)c3)noc21. The van der Waals surface area contributed by atoms with Crippen LogP contribution in [0.15, 0.2) is 53.1 Å². The van der Waals surface area contributed by atoms with Crippen molar-refractivity contribution in [1.82, 2.24) is 10.1 Å². The van der Waals surface area contributed by atoms with Crippen molar-refractivity contribution in [2.75, 3.05) is 19.6 Å². The molecule has 0 bridgehead atoms. The largest absolute Gasteiger partial charge is 0.360 e. The number of aromatic nitrogens is 1. The van der Waals surface area contributed by atoms with Crippen LogP contribution in [0.2, 0.25) is 5.02 Å². The van der Waals surface area contributed by atoms with Gasteiger partial charge in [-0.1, -0.05) is 35.8 Å². The summed E-state index contributed by atoms with van der Waals surface area (Å²) in [4.78, 5) is 28.6. The van der Waals surface area contributed by atoms with Gasteiger partial charge in [0.05, 0.1) is 5.56 Å². The quantitative estimate of drug-likeness (QED) is 0.370. The Morgan fingerprint density at radius 1 is 1.17 bits per heavy atom. The van der Waals surface area contributed by atoms with Gasteiger partial charge in [0.2, 0.25) is 0 Å². The van der Waals surface area contributed by atoms with Gasteiger partial charge < -0.3 is 9.42 Å². The van der Waals surface area contributed by atoms with E-state index in [1.54, 1.807) is 24.3 Å². The topological polar surface area (TPSA) is 63.4 Å². The van der Waals surface area contributed by atoms with Gasteiger partial charge in [0.15, 0.2) is 17.3 Å². The van der Waals surface area contributed by atoms with Crippen LogP contribution in [-0.4, -0.2) is 41.3 Å². The second kappa shape index (κ2) is 10.0. The summed E-state index contributed by atoms with van der Waals surface area (Å²) in [5.41, 5.74) is 2.53. The molecule has 5 nitrogen and oxygen atoms in total. The van der Waals surface area contributed by atoms with Gasteiger partial charge in [-0.2, -0.15) is 0 Å². The van der Waals surface area contributed by atoms with Gasteiger partial charge >= 0.3 is 0 Å². The molecule has 35 heavy (non-hydrogen) atoms. The highest BCUT2D eigenvalue weighted by molar-refractivity contribution is 6.30. The first kappa shape index (κ1) is 23.9. The Morgan fingerprint density at radius 2 is 1.91 bits per heavy atom. The molecule has 1 saturated heterocycles. The Bertz CT molecular complexity index is 1230. The summed E-state index contributed by atoms with van der Waals surface area (Å²) in [7, 11) is 0. The summed E-state index contributed by atoms with van der Waals surface area (Å²) in [5.74, 6) is 0.515. The third-order valence-corrected chi connectivity index (χ3v) is 7.64. The molecule has 182 valence electrons. The summed E-state index contributed by atoms with van der Waals surface area (Å²) in [6.07, 6.45) is 3.06. The molecule has 1 aliphatic carbocycles. The molecule has 2 aromatic carbocycles. The Morgan fingerprint density at radius 3 is 2.63 bits per heavy atom. The van der Waals surface area contributed by atoms with Crippen molar-refractivity contribution in [2.24, 2.45) is 11.8 Å². The zero-order valence-electron chi connectivity index (χ0n) is 19.7. The first-order valence-electron chi connectivity index (χ1n) is 12.2. The molecule has 0 N–H and O–H groups in total. The molecule has 2 atom stereocenters. The number of piperidine rings is 1. The van der Waals surface area contributed by atoms with E-state index in [1.807, 2.05) is 12.1 Å². The number of fused-ring (bicyclic) bond motifs is 1. The standard InChI is InChI=1S/C28H28ClFN2O3/c1-17-15-21(27(34)24-25(31-35-28(17)24)20-3-2-4-22(29)16-20)11-14-32-12-9-19(10-13-32)26(33)18-5-7-23(30)8-6-18/h2-8,16-17,19,21H,9-15H2,1H3. The molecule has 0 saturated carbocycles. The summed E-state index contributed by atoms with van der Waals surface area (Å²) in [6.45, 7) is 4.53. The highest BCUT2D eigenvalue weighted by Crippen LogP contribution is 2.41. The third kappa shape index (κ3) is 4.95. The van der Waals surface area contributed by atoms with E-state index >= 15 is 0 Å². The number of benzene rings is 2. The molecule has 1 aromatic heterocycles. The summed E-state index contributed by atoms with van der Waals surface area (Å²) in [5, 5.41) is 4.82. The van der Waals surface area contributed by atoms with Gasteiger partial charge in [0, 0.05) is 33.9 Å². The smallest absolute Gasteiger partial charge is 0.171 e. The van der Waals surface area contributed by atoms with Crippen molar-refractivity contribution in [2.45, 2.75) is 38.5 Å². The van der Waals surface area contributed by atoms with Crippen molar-refractivity contribution in [3.63, 3.8) is 0 Å². The number of nitrogens with zero attached hydrogens (tertiary/aromatic N) is 2. The maximum atomic E-state index is 13.5.